The molecule has 1 saturated heterocycles. The average molecular weight is 294 g/mol. The number of imidazole rings is 1. The predicted octanol–water partition coefficient (Wildman–Crippen LogP) is 1.27. The molecule has 0 aliphatic carbocycles. The summed E-state index contributed by atoms with van der Waals surface area (Å²) in [4.78, 5) is 29.9. The van der Waals surface area contributed by atoms with Gasteiger partial charge in [0.1, 0.15) is 0 Å². The SMILES string of the molecule is O=C(O)N1CCN(C(=O)CCCCCn2ccnc2)CC1. The number of aryl methyl sites for hydroxylation is 1. The van der Waals surface area contributed by atoms with E-state index >= 15 is 0 Å². The third kappa shape index (κ3) is 4.77. The molecule has 1 fully saturated rings. The Morgan fingerprint density at radius 2 is 1.76 bits per heavy atom. The maximum absolute atomic E-state index is 12.0. The Bertz CT molecular complexity index is 453. The molecule has 0 bridgehead atoms. The van der Waals surface area contributed by atoms with E-state index in [0.29, 0.717) is 32.6 Å². The number of unbranched alkanes of at least 4 members (excludes halogenated alkanes) is 2. The lowest BCUT2D eigenvalue weighted by Gasteiger charge is -2.33. The summed E-state index contributed by atoms with van der Waals surface area (Å²) < 4.78 is 2.03. The van der Waals surface area contributed by atoms with Crippen molar-refractivity contribution in [2.24, 2.45) is 0 Å². The maximum Gasteiger partial charge on any atom is 0.407 e. The van der Waals surface area contributed by atoms with Crippen LogP contribution in [0.3, 0.4) is 0 Å². The number of hydrogen-bond donors (Lipinski definition) is 1. The zero-order chi connectivity index (χ0) is 15.1. The molecular weight excluding hydrogens is 272 g/mol. The third-order valence-corrected chi connectivity index (χ3v) is 3.77. The molecule has 7 heteroatoms. The summed E-state index contributed by atoms with van der Waals surface area (Å²) in [6.45, 7) is 2.80. The van der Waals surface area contributed by atoms with Gasteiger partial charge in [0, 0.05) is 51.5 Å². The largest absolute Gasteiger partial charge is 0.465 e. The van der Waals surface area contributed by atoms with Crippen LogP contribution in [0.1, 0.15) is 25.7 Å². The summed E-state index contributed by atoms with van der Waals surface area (Å²) in [5, 5.41) is 8.86. The van der Waals surface area contributed by atoms with Crippen molar-refractivity contribution < 1.29 is 14.7 Å². The van der Waals surface area contributed by atoms with E-state index in [1.165, 1.54) is 4.90 Å². The number of nitrogens with zero attached hydrogens (tertiary/aromatic N) is 4. The monoisotopic (exact) mass is 294 g/mol. The van der Waals surface area contributed by atoms with E-state index in [0.717, 1.165) is 25.8 Å². The van der Waals surface area contributed by atoms with Crippen LogP contribution in [-0.4, -0.2) is 62.6 Å². The second-order valence-corrected chi connectivity index (χ2v) is 5.26. The van der Waals surface area contributed by atoms with Crippen LogP contribution >= 0.6 is 0 Å². The van der Waals surface area contributed by atoms with Crippen molar-refractivity contribution in [1.82, 2.24) is 19.4 Å². The molecule has 1 aromatic rings. The zero-order valence-corrected chi connectivity index (χ0v) is 12.1. The van der Waals surface area contributed by atoms with Gasteiger partial charge in [-0.1, -0.05) is 6.42 Å². The van der Waals surface area contributed by atoms with Gasteiger partial charge in [0.05, 0.1) is 6.33 Å². The average Bonchev–Trinajstić information content (AvgIpc) is 3.00. The molecule has 2 amide bonds. The Morgan fingerprint density at radius 3 is 2.38 bits per heavy atom. The minimum Gasteiger partial charge on any atom is -0.465 e. The molecule has 116 valence electrons. The molecule has 0 saturated carbocycles. The van der Waals surface area contributed by atoms with Gasteiger partial charge in [0.25, 0.3) is 0 Å². The van der Waals surface area contributed by atoms with Crippen LogP contribution in [0.5, 0.6) is 0 Å². The normalized spacial score (nSPS) is 15.2. The fourth-order valence-corrected chi connectivity index (χ4v) is 2.47. The first kappa shape index (κ1) is 15.3. The van der Waals surface area contributed by atoms with E-state index in [1.807, 2.05) is 10.8 Å². The lowest BCUT2D eigenvalue weighted by atomic mass is 10.1. The summed E-state index contributed by atoms with van der Waals surface area (Å²) in [6, 6.07) is 0. The molecule has 0 unspecified atom stereocenters. The van der Waals surface area contributed by atoms with Crippen LogP contribution in [0, 0.1) is 0 Å². The van der Waals surface area contributed by atoms with Crippen molar-refractivity contribution >= 4 is 12.0 Å². The highest BCUT2D eigenvalue weighted by Crippen LogP contribution is 2.08. The molecule has 0 atom stereocenters. The number of amides is 2. The lowest BCUT2D eigenvalue weighted by Crippen LogP contribution is -2.50. The molecule has 0 aromatic carbocycles. The van der Waals surface area contributed by atoms with E-state index in [1.54, 1.807) is 17.4 Å². The van der Waals surface area contributed by atoms with Crippen molar-refractivity contribution in [2.45, 2.75) is 32.2 Å². The van der Waals surface area contributed by atoms with Gasteiger partial charge in [-0.15, -0.1) is 0 Å². The van der Waals surface area contributed by atoms with Crippen molar-refractivity contribution in [1.29, 1.82) is 0 Å². The van der Waals surface area contributed by atoms with Crippen LogP contribution < -0.4 is 0 Å². The number of piperazine rings is 1. The fourth-order valence-electron chi connectivity index (χ4n) is 2.47. The summed E-state index contributed by atoms with van der Waals surface area (Å²) in [5.41, 5.74) is 0. The quantitative estimate of drug-likeness (QED) is 0.801. The smallest absolute Gasteiger partial charge is 0.407 e. The molecule has 7 nitrogen and oxygen atoms in total. The summed E-state index contributed by atoms with van der Waals surface area (Å²) >= 11 is 0. The molecule has 1 aliphatic heterocycles. The number of hydrogen-bond acceptors (Lipinski definition) is 3. The van der Waals surface area contributed by atoms with Crippen molar-refractivity contribution in [3.8, 4) is 0 Å². The second-order valence-electron chi connectivity index (χ2n) is 5.26. The number of aromatic nitrogens is 2. The van der Waals surface area contributed by atoms with E-state index in [-0.39, 0.29) is 5.91 Å². The Morgan fingerprint density at radius 1 is 1.05 bits per heavy atom. The molecular formula is C14H22N4O3. The van der Waals surface area contributed by atoms with Gasteiger partial charge in [-0.2, -0.15) is 0 Å². The molecule has 2 heterocycles. The number of carboxylic acid groups (broad SMARTS) is 1. The number of carbonyl (C=O) groups is 2. The van der Waals surface area contributed by atoms with Crippen LogP contribution in [0.4, 0.5) is 4.79 Å². The van der Waals surface area contributed by atoms with Gasteiger partial charge in [-0.3, -0.25) is 4.79 Å². The molecule has 0 radical (unpaired) electrons. The van der Waals surface area contributed by atoms with Gasteiger partial charge < -0.3 is 19.5 Å². The minimum atomic E-state index is -0.901. The molecule has 1 N–H and O–H groups in total. The minimum absolute atomic E-state index is 0.141. The molecule has 0 spiro atoms. The Labute approximate surface area is 124 Å². The predicted molar refractivity (Wildman–Crippen MR) is 76.9 cm³/mol. The third-order valence-electron chi connectivity index (χ3n) is 3.77. The van der Waals surface area contributed by atoms with Crippen molar-refractivity contribution in [3.63, 3.8) is 0 Å². The fraction of sp³-hybridized carbons (Fsp3) is 0.643. The first-order chi connectivity index (χ1) is 10.2. The maximum atomic E-state index is 12.0. The standard InChI is InChI=1S/C14H22N4O3/c19-13(17-8-10-18(11-9-17)14(20)21)4-2-1-3-6-16-7-5-15-12-16/h5,7,12H,1-4,6,8-11H2,(H,20,21). The van der Waals surface area contributed by atoms with Crippen LogP contribution in [-0.2, 0) is 11.3 Å². The van der Waals surface area contributed by atoms with Crippen LogP contribution in [0.25, 0.3) is 0 Å². The van der Waals surface area contributed by atoms with Gasteiger partial charge in [0.2, 0.25) is 5.91 Å². The lowest BCUT2D eigenvalue weighted by molar-refractivity contribution is -0.132. The zero-order valence-electron chi connectivity index (χ0n) is 12.1. The Hall–Kier alpha value is -2.05. The first-order valence-electron chi connectivity index (χ1n) is 7.38. The van der Waals surface area contributed by atoms with E-state index in [9.17, 15) is 9.59 Å². The second kappa shape index (κ2) is 7.66. The molecule has 2 rings (SSSR count). The summed E-state index contributed by atoms with van der Waals surface area (Å²) in [7, 11) is 0. The van der Waals surface area contributed by atoms with E-state index < -0.39 is 6.09 Å². The Balaban J connectivity index is 1.56. The number of rotatable bonds is 6. The first-order valence-corrected chi connectivity index (χ1v) is 7.38. The van der Waals surface area contributed by atoms with Gasteiger partial charge in [-0.05, 0) is 12.8 Å². The van der Waals surface area contributed by atoms with Crippen molar-refractivity contribution in [3.05, 3.63) is 18.7 Å². The molecule has 1 aliphatic rings. The van der Waals surface area contributed by atoms with E-state index in [2.05, 4.69) is 4.98 Å². The van der Waals surface area contributed by atoms with Crippen LogP contribution in [0.2, 0.25) is 0 Å². The highest BCUT2D eigenvalue weighted by atomic mass is 16.4. The highest BCUT2D eigenvalue weighted by molar-refractivity contribution is 5.76. The number of carbonyl (C=O) groups excluding carboxylic acids is 1. The van der Waals surface area contributed by atoms with E-state index in [4.69, 9.17) is 5.11 Å². The highest BCUT2D eigenvalue weighted by Gasteiger charge is 2.22. The van der Waals surface area contributed by atoms with Crippen molar-refractivity contribution in [2.75, 3.05) is 26.2 Å². The molecule has 21 heavy (non-hydrogen) atoms. The van der Waals surface area contributed by atoms with Gasteiger partial charge in [-0.25, -0.2) is 9.78 Å². The molecule has 1 aromatic heterocycles. The topological polar surface area (TPSA) is 78.7 Å². The Kier molecular flexibility index (Phi) is 5.59. The van der Waals surface area contributed by atoms with Gasteiger partial charge >= 0.3 is 6.09 Å². The van der Waals surface area contributed by atoms with Crippen LogP contribution in [0.15, 0.2) is 18.7 Å². The summed E-state index contributed by atoms with van der Waals surface area (Å²) in [5.74, 6) is 0.141. The van der Waals surface area contributed by atoms with Gasteiger partial charge in [0.15, 0.2) is 0 Å². The summed E-state index contributed by atoms with van der Waals surface area (Å²) in [6.07, 6.45) is 8.08.